The number of para-hydroxylation sites is 2. The zero-order valence-electron chi connectivity index (χ0n) is 12.6. The number of benzene rings is 3. The van der Waals surface area contributed by atoms with E-state index in [1.165, 1.54) is 0 Å². The summed E-state index contributed by atoms with van der Waals surface area (Å²) >= 11 is 0. The van der Waals surface area contributed by atoms with Crippen LogP contribution in [0.4, 0.5) is 17.1 Å². The highest BCUT2D eigenvalue weighted by molar-refractivity contribution is 6.08. The van der Waals surface area contributed by atoms with Crippen LogP contribution in [0, 0.1) is 6.92 Å². The van der Waals surface area contributed by atoms with Gasteiger partial charge < -0.3 is 10.6 Å². The molecule has 0 aliphatic rings. The Kier molecular flexibility index (Phi) is 4.39. The largest absolute Gasteiger partial charge is 0.355 e. The summed E-state index contributed by atoms with van der Waals surface area (Å²) in [5.74, 6) is -0.152. The monoisotopic (exact) mass is 301 g/mol. The fourth-order valence-corrected chi connectivity index (χ4v) is 2.25. The molecule has 0 heterocycles. The van der Waals surface area contributed by atoms with Gasteiger partial charge in [-0.25, -0.2) is 0 Å². The maximum Gasteiger partial charge on any atom is 0.257 e. The summed E-state index contributed by atoms with van der Waals surface area (Å²) in [5, 5.41) is 6.18. The molecule has 0 saturated heterocycles. The first-order valence-electron chi connectivity index (χ1n) is 7.37. The van der Waals surface area contributed by atoms with Gasteiger partial charge in [0.1, 0.15) is 0 Å². The minimum Gasteiger partial charge on any atom is -0.355 e. The third kappa shape index (κ3) is 3.77. The van der Waals surface area contributed by atoms with E-state index >= 15 is 0 Å². The second-order valence-electron chi connectivity index (χ2n) is 5.19. The van der Waals surface area contributed by atoms with Crippen LogP contribution >= 0.6 is 0 Å². The molecule has 0 bridgehead atoms. The Morgan fingerprint density at radius 2 is 1.39 bits per heavy atom. The minimum absolute atomic E-state index is 0.152. The third-order valence-corrected chi connectivity index (χ3v) is 3.44. The summed E-state index contributed by atoms with van der Waals surface area (Å²) in [6.07, 6.45) is 0. The van der Waals surface area contributed by atoms with Gasteiger partial charge in [-0.2, -0.15) is 0 Å². The van der Waals surface area contributed by atoms with Crippen molar-refractivity contribution in [3.8, 4) is 0 Å². The number of carbonyl (C=O) groups is 1. The molecule has 0 unspecified atom stereocenters. The van der Waals surface area contributed by atoms with E-state index in [0.29, 0.717) is 5.56 Å². The summed E-state index contributed by atoms with van der Waals surface area (Å²) < 4.78 is 0. The molecule has 23 heavy (non-hydrogen) atoms. The van der Waals surface area contributed by atoms with Gasteiger partial charge in [0.25, 0.3) is 5.91 Å². The first-order valence-corrected chi connectivity index (χ1v) is 7.37. The van der Waals surface area contributed by atoms with E-state index in [4.69, 9.17) is 0 Å². The summed E-state index contributed by atoms with van der Waals surface area (Å²) in [7, 11) is 0. The first kappa shape index (κ1) is 14.9. The number of hydrogen-bond donors (Lipinski definition) is 2. The average Bonchev–Trinajstić information content (AvgIpc) is 2.58. The quantitative estimate of drug-likeness (QED) is 0.722. The number of hydrogen-bond acceptors (Lipinski definition) is 2. The number of carbonyl (C=O) groups excluding carboxylic acids is 1. The molecule has 1 amide bonds. The topological polar surface area (TPSA) is 41.1 Å². The van der Waals surface area contributed by atoms with Crippen molar-refractivity contribution in [2.45, 2.75) is 0 Å². The Morgan fingerprint density at radius 1 is 0.739 bits per heavy atom. The predicted octanol–water partition coefficient (Wildman–Crippen LogP) is 4.86. The van der Waals surface area contributed by atoms with E-state index in [2.05, 4.69) is 17.6 Å². The van der Waals surface area contributed by atoms with E-state index in [1.54, 1.807) is 6.07 Å². The molecule has 1 radical (unpaired) electrons. The SMILES string of the molecule is [CH2]c1ccc(NC(=O)c2ccccc2Nc2ccccc2)cc1. The second-order valence-corrected chi connectivity index (χ2v) is 5.19. The normalized spacial score (nSPS) is 10.1. The standard InChI is InChI=1S/C20H17N2O/c1-15-11-13-17(14-12-15)22-20(23)18-9-5-6-10-19(18)21-16-7-3-2-4-8-16/h2-14,21H,1H2,(H,22,23). The van der Waals surface area contributed by atoms with Gasteiger partial charge in [-0.15, -0.1) is 0 Å². The number of rotatable bonds is 4. The fourth-order valence-electron chi connectivity index (χ4n) is 2.25. The zero-order chi connectivity index (χ0) is 16.1. The van der Waals surface area contributed by atoms with Gasteiger partial charge >= 0.3 is 0 Å². The van der Waals surface area contributed by atoms with Crippen LogP contribution in [-0.2, 0) is 0 Å². The Morgan fingerprint density at radius 3 is 2.13 bits per heavy atom. The summed E-state index contributed by atoms with van der Waals surface area (Å²) in [6.45, 7) is 3.84. The van der Waals surface area contributed by atoms with Gasteiger partial charge in [0, 0.05) is 11.4 Å². The fraction of sp³-hybridized carbons (Fsp3) is 0. The molecule has 3 rings (SSSR count). The lowest BCUT2D eigenvalue weighted by Crippen LogP contribution is -2.13. The molecule has 0 aliphatic carbocycles. The molecule has 0 spiro atoms. The molecule has 2 N–H and O–H groups in total. The Hall–Kier alpha value is -3.07. The van der Waals surface area contributed by atoms with Crippen molar-refractivity contribution in [2.75, 3.05) is 10.6 Å². The molecule has 3 nitrogen and oxygen atoms in total. The average molecular weight is 301 g/mol. The number of amides is 1. The van der Waals surface area contributed by atoms with Crippen molar-refractivity contribution < 1.29 is 4.79 Å². The summed E-state index contributed by atoms with van der Waals surface area (Å²) in [4.78, 5) is 12.5. The molecular weight excluding hydrogens is 284 g/mol. The summed E-state index contributed by atoms with van der Waals surface area (Å²) in [5.41, 5.74) is 3.96. The van der Waals surface area contributed by atoms with Crippen molar-refractivity contribution in [2.24, 2.45) is 0 Å². The zero-order valence-corrected chi connectivity index (χ0v) is 12.6. The smallest absolute Gasteiger partial charge is 0.257 e. The molecule has 3 aromatic rings. The van der Waals surface area contributed by atoms with Crippen LogP contribution in [0.15, 0.2) is 78.9 Å². The van der Waals surface area contributed by atoms with Crippen molar-refractivity contribution in [3.63, 3.8) is 0 Å². The van der Waals surface area contributed by atoms with Crippen molar-refractivity contribution >= 4 is 23.0 Å². The maximum atomic E-state index is 12.5. The van der Waals surface area contributed by atoms with Crippen molar-refractivity contribution in [3.05, 3.63) is 96.9 Å². The van der Waals surface area contributed by atoms with Gasteiger partial charge in [-0.05, 0) is 48.9 Å². The maximum absolute atomic E-state index is 12.5. The van der Waals surface area contributed by atoms with Crippen LogP contribution in [0.25, 0.3) is 0 Å². The minimum atomic E-state index is -0.152. The lowest BCUT2D eigenvalue weighted by Gasteiger charge is -2.12. The summed E-state index contributed by atoms with van der Waals surface area (Å²) in [6, 6.07) is 24.6. The van der Waals surface area contributed by atoms with Crippen molar-refractivity contribution in [1.82, 2.24) is 0 Å². The molecule has 0 fully saturated rings. The molecule has 113 valence electrons. The molecular formula is C20H17N2O. The van der Waals surface area contributed by atoms with Gasteiger partial charge in [0.2, 0.25) is 0 Å². The Bertz CT molecular complexity index is 795. The first-order chi connectivity index (χ1) is 11.2. The number of nitrogens with one attached hydrogen (secondary N) is 2. The molecule has 3 heteroatoms. The van der Waals surface area contributed by atoms with Crippen LogP contribution in [0.5, 0.6) is 0 Å². The van der Waals surface area contributed by atoms with E-state index < -0.39 is 0 Å². The highest BCUT2D eigenvalue weighted by Gasteiger charge is 2.11. The lowest BCUT2D eigenvalue weighted by molar-refractivity contribution is 0.102. The Labute approximate surface area is 136 Å². The van der Waals surface area contributed by atoms with Crippen LogP contribution in [0.2, 0.25) is 0 Å². The Balaban J connectivity index is 1.82. The predicted molar refractivity (Wildman–Crippen MR) is 95.0 cm³/mol. The van der Waals surface area contributed by atoms with E-state index in [0.717, 1.165) is 22.6 Å². The molecule has 3 aromatic carbocycles. The molecule has 0 aromatic heterocycles. The van der Waals surface area contributed by atoms with Crippen LogP contribution in [0.1, 0.15) is 15.9 Å². The molecule has 0 saturated carbocycles. The molecule has 0 atom stereocenters. The van der Waals surface area contributed by atoms with E-state index in [9.17, 15) is 4.79 Å². The van der Waals surface area contributed by atoms with Gasteiger partial charge in [0.05, 0.1) is 11.3 Å². The van der Waals surface area contributed by atoms with Gasteiger partial charge in [-0.1, -0.05) is 42.5 Å². The molecule has 0 aliphatic heterocycles. The third-order valence-electron chi connectivity index (χ3n) is 3.44. The van der Waals surface area contributed by atoms with E-state index in [1.807, 2.05) is 72.8 Å². The van der Waals surface area contributed by atoms with Crippen LogP contribution in [0.3, 0.4) is 0 Å². The van der Waals surface area contributed by atoms with E-state index in [-0.39, 0.29) is 5.91 Å². The van der Waals surface area contributed by atoms with Gasteiger partial charge in [-0.3, -0.25) is 4.79 Å². The number of anilines is 3. The second kappa shape index (κ2) is 6.79. The van der Waals surface area contributed by atoms with Crippen LogP contribution < -0.4 is 10.6 Å². The van der Waals surface area contributed by atoms with Crippen LogP contribution in [-0.4, -0.2) is 5.91 Å². The lowest BCUT2D eigenvalue weighted by atomic mass is 10.1. The van der Waals surface area contributed by atoms with Crippen molar-refractivity contribution in [1.29, 1.82) is 0 Å². The van der Waals surface area contributed by atoms with Gasteiger partial charge in [0.15, 0.2) is 0 Å². The highest BCUT2D eigenvalue weighted by atomic mass is 16.1. The highest BCUT2D eigenvalue weighted by Crippen LogP contribution is 2.22.